The van der Waals surface area contributed by atoms with Crippen LogP contribution in [0.1, 0.15) is 40.5 Å². The number of rotatable bonds is 3. The summed E-state index contributed by atoms with van der Waals surface area (Å²) in [5.74, 6) is 5.63. The van der Waals surface area contributed by atoms with Crippen LogP contribution in [0.2, 0.25) is 0 Å². The molecule has 0 bridgehead atoms. The van der Waals surface area contributed by atoms with Crippen molar-refractivity contribution >= 4 is 11.6 Å². The minimum atomic E-state index is -0.146. The van der Waals surface area contributed by atoms with Gasteiger partial charge in [0, 0.05) is 23.6 Å². The Morgan fingerprint density at radius 1 is 1.11 bits per heavy atom. The molecule has 0 saturated heterocycles. The van der Waals surface area contributed by atoms with Crippen LogP contribution in [-0.2, 0) is 0 Å². The molecule has 0 saturated carbocycles. The molecule has 1 N–H and O–H groups in total. The molecule has 0 heterocycles. The summed E-state index contributed by atoms with van der Waals surface area (Å²) in [6, 6.07) is 6.86. The fourth-order valence-electron chi connectivity index (χ4n) is 1.86. The first-order valence-electron chi connectivity index (χ1n) is 6.33. The topological polar surface area (TPSA) is 46.2 Å². The van der Waals surface area contributed by atoms with E-state index in [1.54, 1.807) is 24.3 Å². The van der Waals surface area contributed by atoms with Crippen molar-refractivity contribution in [3.8, 4) is 11.8 Å². The number of carbonyl (C=O) groups is 2. The van der Waals surface area contributed by atoms with E-state index in [1.807, 2.05) is 0 Å². The molecule has 1 aromatic carbocycles. The Labute approximate surface area is 112 Å². The Kier molecular flexibility index (Phi) is 4.15. The highest BCUT2D eigenvalue weighted by atomic mass is 16.1. The minimum absolute atomic E-state index is 0.140. The van der Waals surface area contributed by atoms with Gasteiger partial charge in [0.25, 0.3) is 0 Å². The highest BCUT2D eigenvalue weighted by Crippen LogP contribution is 2.19. The fourth-order valence-corrected chi connectivity index (χ4v) is 1.86. The van der Waals surface area contributed by atoms with Crippen molar-refractivity contribution < 1.29 is 9.59 Å². The average Bonchev–Trinajstić information content (AvgIpc) is 2.44. The van der Waals surface area contributed by atoms with Gasteiger partial charge in [-0.3, -0.25) is 9.59 Å². The van der Waals surface area contributed by atoms with E-state index in [4.69, 9.17) is 0 Å². The summed E-state index contributed by atoms with van der Waals surface area (Å²) < 4.78 is 0. The lowest BCUT2D eigenvalue weighted by Crippen LogP contribution is -2.27. The predicted molar refractivity (Wildman–Crippen MR) is 73.9 cm³/mol. The van der Waals surface area contributed by atoms with Gasteiger partial charge in [-0.25, -0.2) is 0 Å². The van der Waals surface area contributed by atoms with Crippen molar-refractivity contribution in [1.29, 1.82) is 0 Å². The second kappa shape index (κ2) is 6.01. The monoisotopic (exact) mass is 253 g/mol. The molecule has 3 heteroatoms. The third kappa shape index (κ3) is 2.92. The molecular weight excluding hydrogens is 238 g/mol. The van der Waals surface area contributed by atoms with E-state index in [0.29, 0.717) is 23.4 Å². The summed E-state index contributed by atoms with van der Waals surface area (Å²) in [7, 11) is 0. The molecule has 0 amide bonds. The number of benzene rings is 1. The highest BCUT2D eigenvalue weighted by Gasteiger charge is 2.24. The van der Waals surface area contributed by atoms with Crippen LogP contribution < -0.4 is 5.32 Å². The van der Waals surface area contributed by atoms with Gasteiger partial charge in [0.1, 0.15) is 0 Å². The van der Waals surface area contributed by atoms with Crippen LogP contribution in [-0.4, -0.2) is 18.1 Å². The number of nitrogens with one attached hydrogen (secondary N) is 1. The summed E-state index contributed by atoms with van der Waals surface area (Å²) in [4.78, 5) is 24.0. The standard InChI is InChI=1S/C16H15NO2/c1-2-3-4-7-10-17-14-11-15(18)12-8-5-6-9-13(12)16(14)19/h5-6,8-9,11,17H,2-3,10H2,1H3. The van der Waals surface area contributed by atoms with Gasteiger partial charge >= 0.3 is 0 Å². The summed E-state index contributed by atoms with van der Waals surface area (Å²) in [6.45, 7) is 2.44. The van der Waals surface area contributed by atoms with E-state index in [-0.39, 0.29) is 11.6 Å². The van der Waals surface area contributed by atoms with Crippen molar-refractivity contribution in [2.24, 2.45) is 0 Å². The van der Waals surface area contributed by atoms with E-state index in [2.05, 4.69) is 24.1 Å². The van der Waals surface area contributed by atoms with E-state index in [0.717, 1.165) is 12.8 Å². The largest absolute Gasteiger partial charge is 0.371 e. The van der Waals surface area contributed by atoms with Crippen LogP contribution in [0.3, 0.4) is 0 Å². The highest BCUT2D eigenvalue weighted by molar-refractivity contribution is 6.24. The number of allylic oxidation sites excluding steroid dienone is 2. The number of carbonyl (C=O) groups excluding carboxylic acids is 2. The molecule has 19 heavy (non-hydrogen) atoms. The average molecular weight is 253 g/mol. The first kappa shape index (κ1) is 13.1. The molecule has 0 atom stereocenters. The number of Topliss-reactive ketones (excluding diaryl/α,β-unsaturated/α-hetero) is 1. The first-order chi connectivity index (χ1) is 9.24. The zero-order valence-corrected chi connectivity index (χ0v) is 10.8. The van der Waals surface area contributed by atoms with E-state index in [1.165, 1.54) is 6.08 Å². The molecule has 0 radical (unpaired) electrons. The van der Waals surface area contributed by atoms with Crippen molar-refractivity contribution in [2.75, 3.05) is 6.54 Å². The SMILES string of the molecule is CCCC#CCNC1=CC(=O)c2ccccc2C1=O. The fraction of sp³-hybridized carbons (Fsp3) is 0.250. The molecule has 96 valence electrons. The van der Waals surface area contributed by atoms with Gasteiger partial charge in [0.05, 0.1) is 12.2 Å². The maximum atomic E-state index is 12.2. The molecule has 0 unspecified atom stereocenters. The Morgan fingerprint density at radius 2 is 1.84 bits per heavy atom. The van der Waals surface area contributed by atoms with Gasteiger partial charge in [-0.1, -0.05) is 37.1 Å². The van der Waals surface area contributed by atoms with E-state index >= 15 is 0 Å². The smallest absolute Gasteiger partial charge is 0.209 e. The van der Waals surface area contributed by atoms with Crippen molar-refractivity contribution in [3.63, 3.8) is 0 Å². The van der Waals surface area contributed by atoms with Gasteiger partial charge in [-0.05, 0) is 6.42 Å². The maximum absolute atomic E-state index is 12.2. The molecule has 0 spiro atoms. The third-order valence-corrected chi connectivity index (χ3v) is 2.82. The Bertz CT molecular complexity index is 603. The van der Waals surface area contributed by atoms with Gasteiger partial charge in [-0.15, -0.1) is 5.92 Å². The molecule has 0 fully saturated rings. The second-order valence-corrected chi connectivity index (χ2v) is 4.25. The number of ketones is 2. The first-order valence-corrected chi connectivity index (χ1v) is 6.33. The van der Waals surface area contributed by atoms with E-state index in [9.17, 15) is 9.59 Å². The number of hydrogen-bond donors (Lipinski definition) is 1. The lowest BCUT2D eigenvalue weighted by Gasteiger charge is -2.14. The summed E-state index contributed by atoms with van der Waals surface area (Å²) in [5.41, 5.74) is 1.25. The summed E-state index contributed by atoms with van der Waals surface area (Å²) in [6.07, 6.45) is 3.21. The lowest BCUT2D eigenvalue weighted by molar-refractivity contribution is 0.0979. The number of fused-ring (bicyclic) bond motifs is 1. The zero-order valence-electron chi connectivity index (χ0n) is 10.8. The van der Waals surface area contributed by atoms with Crippen LogP contribution in [0.4, 0.5) is 0 Å². The molecule has 1 aromatic rings. The van der Waals surface area contributed by atoms with Crippen LogP contribution in [0, 0.1) is 11.8 Å². The molecule has 0 aromatic heterocycles. The van der Waals surface area contributed by atoms with Gasteiger partial charge in [0.2, 0.25) is 5.78 Å². The van der Waals surface area contributed by atoms with Gasteiger partial charge < -0.3 is 5.32 Å². The van der Waals surface area contributed by atoms with Crippen LogP contribution in [0.15, 0.2) is 36.0 Å². The quantitative estimate of drug-likeness (QED) is 0.841. The second-order valence-electron chi connectivity index (χ2n) is 4.25. The minimum Gasteiger partial charge on any atom is -0.371 e. The Morgan fingerprint density at radius 3 is 2.58 bits per heavy atom. The maximum Gasteiger partial charge on any atom is 0.209 e. The molecule has 0 aliphatic heterocycles. The van der Waals surface area contributed by atoms with Crippen molar-refractivity contribution in [1.82, 2.24) is 5.32 Å². The van der Waals surface area contributed by atoms with Crippen LogP contribution in [0.25, 0.3) is 0 Å². The predicted octanol–water partition coefficient (Wildman–Crippen LogP) is 2.34. The summed E-state index contributed by atoms with van der Waals surface area (Å²) in [5, 5.41) is 2.92. The third-order valence-electron chi connectivity index (χ3n) is 2.82. The van der Waals surface area contributed by atoms with E-state index < -0.39 is 0 Å². The molecule has 3 nitrogen and oxygen atoms in total. The van der Waals surface area contributed by atoms with Crippen LogP contribution >= 0.6 is 0 Å². The van der Waals surface area contributed by atoms with Crippen molar-refractivity contribution in [2.45, 2.75) is 19.8 Å². The molecule has 1 aliphatic carbocycles. The summed E-state index contributed by atoms with van der Waals surface area (Å²) >= 11 is 0. The number of hydrogen-bond acceptors (Lipinski definition) is 3. The Balaban J connectivity index is 2.11. The van der Waals surface area contributed by atoms with Crippen molar-refractivity contribution in [3.05, 3.63) is 47.2 Å². The molecule has 2 rings (SSSR count). The van der Waals surface area contributed by atoms with Gasteiger partial charge in [-0.2, -0.15) is 0 Å². The van der Waals surface area contributed by atoms with Crippen LogP contribution in [0.5, 0.6) is 0 Å². The molecule has 1 aliphatic rings. The molecular formula is C16H15NO2. The van der Waals surface area contributed by atoms with Gasteiger partial charge in [0.15, 0.2) is 5.78 Å². The number of unbranched alkanes of at least 4 members (excludes halogenated alkanes) is 1. The zero-order chi connectivity index (χ0) is 13.7. The lowest BCUT2D eigenvalue weighted by atomic mass is 9.93. The Hall–Kier alpha value is -2.34. The normalized spacial score (nSPS) is 13.2.